The molecular weight excluding hydrogens is 508 g/mol. The Bertz CT molecular complexity index is 1250. The van der Waals surface area contributed by atoms with Crippen molar-refractivity contribution in [2.75, 3.05) is 31.1 Å². The van der Waals surface area contributed by atoms with Crippen LogP contribution in [0.2, 0.25) is 0 Å². The highest BCUT2D eigenvalue weighted by Crippen LogP contribution is 2.47. The minimum absolute atomic E-state index is 0.201. The zero-order chi connectivity index (χ0) is 30.0. The maximum atomic E-state index is 13.3. The number of allylic oxidation sites excluding steroid dienone is 5. The lowest BCUT2D eigenvalue weighted by Crippen LogP contribution is -2.33. The molecule has 218 valence electrons. The molecule has 8 nitrogen and oxygen atoms in total. The largest absolute Gasteiger partial charge is 0.507 e. The number of phenols is 2. The molecule has 0 aromatic heterocycles. The van der Waals surface area contributed by atoms with Gasteiger partial charge in [0.1, 0.15) is 23.0 Å². The van der Waals surface area contributed by atoms with E-state index in [1.54, 1.807) is 0 Å². The number of aliphatic hydroxyl groups is 2. The Hall–Kier alpha value is -3.68. The number of Topliss-reactive ketones (excluding diaryl/α,β-unsaturated/α-hetero) is 1. The molecule has 1 aromatic rings. The van der Waals surface area contributed by atoms with Crippen molar-refractivity contribution in [1.82, 2.24) is 4.90 Å². The Kier molecular flexibility index (Phi) is 9.44. The monoisotopic (exact) mass is 552 g/mol. The molecule has 0 saturated carbocycles. The van der Waals surface area contributed by atoms with E-state index in [9.17, 15) is 30.0 Å². The van der Waals surface area contributed by atoms with Gasteiger partial charge in [0.15, 0.2) is 5.78 Å². The molecule has 40 heavy (non-hydrogen) atoms. The van der Waals surface area contributed by atoms with E-state index in [1.807, 2.05) is 4.90 Å². The van der Waals surface area contributed by atoms with Gasteiger partial charge >= 0.3 is 0 Å². The molecule has 2 aliphatic rings. The van der Waals surface area contributed by atoms with Crippen LogP contribution in [0.25, 0.3) is 5.57 Å². The Morgan fingerprint density at radius 3 is 1.48 bits per heavy atom. The molecule has 2 aliphatic carbocycles. The summed E-state index contributed by atoms with van der Waals surface area (Å²) < 4.78 is 0. The molecule has 0 radical (unpaired) electrons. The average Bonchev–Trinajstić information content (AvgIpc) is 2.81. The van der Waals surface area contributed by atoms with Gasteiger partial charge in [0.25, 0.3) is 0 Å². The number of hydrogen-bond acceptors (Lipinski definition) is 8. The third-order valence-electron chi connectivity index (χ3n) is 6.65. The Morgan fingerprint density at radius 2 is 1.07 bits per heavy atom. The fraction of sp³-hybridized carbons (Fsp3) is 0.500. The normalized spacial score (nSPS) is 17.7. The van der Waals surface area contributed by atoms with Gasteiger partial charge in [-0.2, -0.15) is 0 Å². The summed E-state index contributed by atoms with van der Waals surface area (Å²) in [6.45, 7) is 19.3. The first-order chi connectivity index (χ1) is 18.6. The molecular formula is C32H44N2O6. The van der Waals surface area contributed by atoms with Crippen molar-refractivity contribution in [1.29, 1.82) is 0 Å². The summed E-state index contributed by atoms with van der Waals surface area (Å²) in [5.41, 5.74) is 0.0299. The summed E-state index contributed by atoms with van der Waals surface area (Å²) in [6, 6.07) is 2.93. The molecule has 8 heteroatoms. The van der Waals surface area contributed by atoms with E-state index in [1.165, 1.54) is 24.3 Å². The molecule has 0 spiro atoms. The Labute approximate surface area is 237 Å². The minimum Gasteiger partial charge on any atom is -0.507 e. The van der Waals surface area contributed by atoms with Crippen LogP contribution >= 0.6 is 0 Å². The van der Waals surface area contributed by atoms with Crippen LogP contribution in [0.15, 0.2) is 52.6 Å². The number of hydrogen-bond donors (Lipinski definition) is 4. The van der Waals surface area contributed by atoms with E-state index in [-0.39, 0.29) is 33.8 Å². The summed E-state index contributed by atoms with van der Waals surface area (Å²) in [5, 5.41) is 43.4. The van der Waals surface area contributed by atoms with E-state index >= 15 is 0 Å². The zero-order valence-corrected chi connectivity index (χ0v) is 24.9. The van der Waals surface area contributed by atoms with Crippen LogP contribution in [-0.2, 0) is 9.59 Å². The zero-order valence-electron chi connectivity index (χ0n) is 24.9. The van der Waals surface area contributed by atoms with Gasteiger partial charge in [-0.25, -0.2) is 0 Å². The summed E-state index contributed by atoms with van der Waals surface area (Å²) in [5.74, 6) is -1.69. The molecule has 1 aromatic carbocycles. The number of carbonyl (C=O) groups is 2. The van der Waals surface area contributed by atoms with Crippen molar-refractivity contribution >= 4 is 22.8 Å². The second-order valence-corrected chi connectivity index (χ2v) is 12.5. The molecule has 0 atom stereocenters. The minimum atomic E-state index is -0.738. The summed E-state index contributed by atoms with van der Waals surface area (Å²) in [7, 11) is 0. The van der Waals surface area contributed by atoms with Crippen LogP contribution < -0.4 is 4.90 Å². The predicted molar refractivity (Wildman–Crippen MR) is 158 cm³/mol. The molecule has 0 saturated heterocycles. The fourth-order valence-electron chi connectivity index (χ4n) is 5.26. The van der Waals surface area contributed by atoms with Gasteiger partial charge < -0.3 is 30.2 Å². The number of benzene rings is 1. The smallest absolute Gasteiger partial charge is 0.202 e. The maximum Gasteiger partial charge on any atom is 0.202 e. The van der Waals surface area contributed by atoms with Gasteiger partial charge in [-0.05, 0) is 23.7 Å². The third-order valence-corrected chi connectivity index (χ3v) is 6.65. The van der Waals surface area contributed by atoms with E-state index < -0.39 is 23.1 Å². The molecule has 0 unspecified atom stereocenters. The lowest BCUT2D eigenvalue weighted by Gasteiger charge is -2.32. The fourth-order valence-corrected chi connectivity index (χ4v) is 5.26. The SMILES string of the molecule is CC(C)CN(CC(C)C)C1=CC(=O)/C(=C2/C(=O)C(c3c(O)cc(N(CC(C)C)CC(C)C)cc3O)=C2O)C(O)=C1. The van der Waals surface area contributed by atoms with Crippen LogP contribution in [0, 0.1) is 23.7 Å². The quantitative estimate of drug-likeness (QED) is 0.251. The van der Waals surface area contributed by atoms with Gasteiger partial charge in [-0.3, -0.25) is 9.59 Å². The highest BCUT2D eigenvalue weighted by atomic mass is 16.3. The number of aliphatic hydroxyl groups excluding tert-OH is 2. The van der Waals surface area contributed by atoms with E-state index in [2.05, 4.69) is 60.3 Å². The van der Waals surface area contributed by atoms with Crippen molar-refractivity contribution in [2.45, 2.75) is 55.4 Å². The number of rotatable bonds is 11. The van der Waals surface area contributed by atoms with E-state index in [0.717, 1.165) is 0 Å². The van der Waals surface area contributed by atoms with Crippen molar-refractivity contribution in [3.05, 3.63) is 58.2 Å². The number of nitrogens with zero attached hydrogens (tertiary/aromatic N) is 2. The summed E-state index contributed by atoms with van der Waals surface area (Å²) >= 11 is 0. The van der Waals surface area contributed by atoms with Crippen molar-refractivity contribution in [3.8, 4) is 11.5 Å². The second kappa shape index (κ2) is 12.2. The Morgan fingerprint density at radius 1 is 0.625 bits per heavy atom. The molecule has 3 rings (SSSR count). The van der Waals surface area contributed by atoms with Crippen molar-refractivity contribution < 1.29 is 30.0 Å². The van der Waals surface area contributed by atoms with Crippen LogP contribution in [-0.4, -0.2) is 63.1 Å². The molecule has 0 bridgehead atoms. The topological polar surface area (TPSA) is 122 Å². The predicted octanol–water partition coefficient (Wildman–Crippen LogP) is 5.89. The lowest BCUT2D eigenvalue weighted by atomic mass is 9.78. The highest BCUT2D eigenvalue weighted by Gasteiger charge is 2.43. The number of anilines is 1. The molecule has 0 amide bonds. The van der Waals surface area contributed by atoms with Gasteiger partial charge in [0.05, 0.1) is 22.3 Å². The number of carbonyl (C=O) groups excluding carboxylic acids is 2. The van der Waals surface area contributed by atoms with Crippen LogP contribution in [0.4, 0.5) is 5.69 Å². The molecule has 0 fully saturated rings. The molecule has 0 heterocycles. The molecule has 0 aliphatic heterocycles. The maximum absolute atomic E-state index is 13.3. The van der Waals surface area contributed by atoms with E-state index in [0.29, 0.717) is 61.2 Å². The van der Waals surface area contributed by atoms with E-state index in [4.69, 9.17) is 0 Å². The number of aromatic hydroxyl groups is 2. The van der Waals surface area contributed by atoms with Crippen LogP contribution in [0.5, 0.6) is 11.5 Å². The summed E-state index contributed by atoms with van der Waals surface area (Å²) in [4.78, 5) is 30.5. The second-order valence-electron chi connectivity index (χ2n) is 12.5. The standard InChI is InChI=1S/C32H44N2O6/c1-17(2)13-33(14-18(3)4)21-9-23(35)27(24(36)10-21)29-31(39)30(32(29)40)28-25(37)11-22(12-26(28)38)34(15-19(5)6)16-20(7)8/h9-12,17-20,35-37,39H,13-16H2,1-8H3/b30-28+. The van der Waals surface area contributed by atoms with Crippen LogP contribution in [0.1, 0.15) is 61.0 Å². The van der Waals surface area contributed by atoms with Crippen molar-refractivity contribution in [2.24, 2.45) is 23.7 Å². The first-order valence-corrected chi connectivity index (χ1v) is 14.1. The first kappa shape index (κ1) is 30.9. The lowest BCUT2D eigenvalue weighted by molar-refractivity contribution is -0.114. The number of ketones is 2. The van der Waals surface area contributed by atoms with Crippen LogP contribution in [0.3, 0.4) is 0 Å². The van der Waals surface area contributed by atoms with Gasteiger partial charge in [-0.1, -0.05) is 55.4 Å². The summed E-state index contributed by atoms with van der Waals surface area (Å²) in [6.07, 6.45) is 2.81. The first-order valence-electron chi connectivity index (χ1n) is 14.1. The number of phenolic OH excluding ortho intramolecular Hbond substituents is 2. The van der Waals surface area contributed by atoms with Gasteiger partial charge in [0, 0.05) is 61.8 Å². The Balaban J connectivity index is 2.01. The third kappa shape index (κ3) is 6.54. The molecule has 4 N–H and O–H groups in total. The average molecular weight is 553 g/mol. The van der Waals surface area contributed by atoms with Gasteiger partial charge in [-0.15, -0.1) is 0 Å². The van der Waals surface area contributed by atoms with Gasteiger partial charge in [0.2, 0.25) is 5.78 Å². The highest BCUT2D eigenvalue weighted by molar-refractivity contribution is 6.42. The van der Waals surface area contributed by atoms with Crippen molar-refractivity contribution in [3.63, 3.8) is 0 Å².